The van der Waals surface area contributed by atoms with E-state index in [2.05, 4.69) is 28.6 Å². The largest absolute Gasteiger partial charge is 0.508 e. The smallest absolute Gasteiger partial charge is 0.254 e. The number of ether oxygens (including phenoxy) is 1. The normalized spacial score (nSPS) is 16.0. The number of aryl methyl sites for hydroxylation is 1. The summed E-state index contributed by atoms with van der Waals surface area (Å²) in [6, 6.07) is 22.3. The Morgan fingerprint density at radius 1 is 1.09 bits per heavy atom. The zero-order valence-electron chi connectivity index (χ0n) is 25.5. The lowest BCUT2D eigenvalue weighted by atomic mass is 10.0. The molecule has 4 aromatic rings. The molecule has 0 unspecified atom stereocenters. The summed E-state index contributed by atoms with van der Waals surface area (Å²) in [5.41, 5.74) is 3.72. The topological polar surface area (TPSA) is 104 Å². The molecule has 1 saturated heterocycles. The molecule has 44 heavy (non-hydrogen) atoms. The number of aromatic nitrogens is 1. The summed E-state index contributed by atoms with van der Waals surface area (Å²) in [5, 5.41) is 20.2. The Labute approximate surface area is 263 Å². The van der Waals surface area contributed by atoms with Crippen LogP contribution in [0.25, 0.3) is 0 Å². The molecule has 2 heterocycles. The van der Waals surface area contributed by atoms with Crippen molar-refractivity contribution in [3.63, 3.8) is 0 Å². The first-order valence-corrected chi connectivity index (χ1v) is 16.0. The van der Waals surface area contributed by atoms with Crippen LogP contribution in [0.3, 0.4) is 0 Å². The van der Waals surface area contributed by atoms with E-state index >= 15 is 0 Å². The first-order valence-electron chi connectivity index (χ1n) is 15.1. The maximum Gasteiger partial charge on any atom is 0.254 e. The molecule has 3 atom stereocenters. The van der Waals surface area contributed by atoms with Crippen LogP contribution in [0.2, 0.25) is 0 Å². The predicted octanol–water partition coefficient (Wildman–Crippen LogP) is 6.23. The lowest BCUT2D eigenvalue weighted by molar-refractivity contribution is 0.0735. The van der Waals surface area contributed by atoms with Crippen molar-refractivity contribution in [1.29, 1.82) is 0 Å². The van der Waals surface area contributed by atoms with Gasteiger partial charge in [-0.25, -0.2) is 4.98 Å². The second-order valence-corrected chi connectivity index (χ2v) is 12.2. The van der Waals surface area contributed by atoms with Crippen LogP contribution in [-0.4, -0.2) is 53.0 Å². The summed E-state index contributed by atoms with van der Waals surface area (Å²) in [4.78, 5) is 33.6. The average Bonchev–Trinajstić information content (AvgIpc) is 3.70. The van der Waals surface area contributed by atoms with Gasteiger partial charge < -0.3 is 25.4 Å². The number of rotatable bonds is 12. The third-order valence-corrected chi connectivity index (χ3v) is 9.12. The minimum atomic E-state index is -0.328. The van der Waals surface area contributed by atoms with Crippen LogP contribution in [0.1, 0.15) is 80.8 Å². The van der Waals surface area contributed by atoms with Gasteiger partial charge in [-0.15, -0.1) is 11.3 Å². The minimum absolute atomic E-state index is 0.0945. The maximum absolute atomic E-state index is 13.6. The van der Waals surface area contributed by atoms with Crippen molar-refractivity contribution in [2.24, 2.45) is 0 Å². The highest BCUT2D eigenvalue weighted by atomic mass is 32.1. The summed E-state index contributed by atoms with van der Waals surface area (Å²) in [6.45, 7) is 5.33. The molecular weight excluding hydrogens is 572 g/mol. The molecule has 0 radical (unpaired) electrons. The van der Waals surface area contributed by atoms with Gasteiger partial charge in [0.2, 0.25) is 0 Å². The third-order valence-electron chi connectivity index (χ3n) is 8.06. The standard InChI is InChI=1S/C35H40N4O4S/c1-23-22-44-34(37-23)32-13-8-16-39(32)35(42)28-18-27(19-30(40)20-28)33(41)38-29(17-25-9-5-4-6-10-25)14-15-36-24(2)26-11-7-12-31(21-26)43-3/h4-7,9-12,18-22,24,29,32,36,40H,8,13-17H2,1-3H3,(H,38,41)/t24-,29+,32+/m0/s1. The summed E-state index contributed by atoms with van der Waals surface area (Å²) >= 11 is 1.56. The number of hydrogen-bond acceptors (Lipinski definition) is 7. The lowest BCUT2D eigenvalue weighted by Crippen LogP contribution is -2.39. The van der Waals surface area contributed by atoms with Crippen molar-refractivity contribution in [2.75, 3.05) is 20.2 Å². The molecule has 0 spiro atoms. The lowest BCUT2D eigenvalue weighted by Gasteiger charge is -2.24. The quantitative estimate of drug-likeness (QED) is 0.175. The molecule has 3 aromatic carbocycles. The fraction of sp³-hybridized carbons (Fsp3) is 0.343. The number of phenolic OH excluding ortho intramolecular Hbond substituents is 1. The molecule has 0 bridgehead atoms. The van der Waals surface area contributed by atoms with Crippen LogP contribution in [0.15, 0.2) is 78.2 Å². The Morgan fingerprint density at radius 2 is 1.89 bits per heavy atom. The van der Waals surface area contributed by atoms with E-state index in [-0.39, 0.29) is 41.3 Å². The van der Waals surface area contributed by atoms with E-state index in [1.165, 1.54) is 12.1 Å². The highest BCUT2D eigenvalue weighted by molar-refractivity contribution is 7.09. The van der Waals surface area contributed by atoms with Gasteiger partial charge in [0.15, 0.2) is 0 Å². The number of phenols is 1. The zero-order valence-corrected chi connectivity index (χ0v) is 26.3. The Bertz CT molecular complexity index is 1570. The van der Waals surface area contributed by atoms with E-state index < -0.39 is 0 Å². The highest BCUT2D eigenvalue weighted by Crippen LogP contribution is 2.35. The van der Waals surface area contributed by atoms with Gasteiger partial charge in [0.1, 0.15) is 16.5 Å². The Hall–Kier alpha value is -4.21. The Morgan fingerprint density at radius 3 is 2.64 bits per heavy atom. The van der Waals surface area contributed by atoms with Crippen molar-refractivity contribution in [2.45, 2.75) is 57.7 Å². The van der Waals surface area contributed by atoms with Gasteiger partial charge in [0.05, 0.1) is 13.2 Å². The van der Waals surface area contributed by atoms with Crippen molar-refractivity contribution in [1.82, 2.24) is 20.5 Å². The SMILES string of the molecule is COc1cccc([C@H](C)NCC[C@H](Cc2ccccc2)NC(=O)c2cc(O)cc(C(=O)N3CCC[C@@H]3c3nc(C)cs3)c2)c1. The van der Waals surface area contributed by atoms with Gasteiger partial charge in [0, 0.05) is 40.8 Å². The number of benzene rings is 3. The number of methoxy groups -OCH3 is 1. The fourth-order valence-corrected chi connectivity index (χ4v) is 6.66. The number of nitrogens with zero attached hydrogens (tertiary/aromatic N) is 2. The predicted molar refractivity (Wildman–Crippen MR) is 173 cm³/mol. The molecule has 230 valence electrons. The van der Waals surface area contributed by atoms with E-state index in [1.807, 2.05) is 65.7 Å². The van der Waals surface area contributed by atoms with E-state index in [1.54, 1.807) is 24.5 Å². The molecule has 9 heteroatoms. The van der Waals surface area contributed by atoms with Crippen LogP contribution in [0.4, 0.5) is 0 Å². The second kappa shape index (κ2) is 14.5. The summed E-state index contributed by atoms with van der Waals surface area (Å²) in [7, 11) is 1.66. The van der Waals surface area contributed by atoms with E-state index in [0.717, 1.165) is 40.4 Å². The molecule has 3 N–H and O–H groups in total. The van der Waals surface area contributed by atoms with Gasteiger partial charge in [-0.05, 0) is 87.5 Å². The van der Waals surface area contributed by atoms with Crippen molar-refractivity contribution in [3.8, 4) is 11.5 Å². The molecular formula is C35H40N4O4S. The fourth-order valence-electron chi connectivity index (χ4n) is 5.72. The van der Waals surface area contributed by atoms with Gasteiger partial charge in [0.25, 0.3) is 11.8 Å². The van der Waals surface area contributed by atoms with Crippen molar-refractivity contribution < 1.29 is 19.4 Å². The molecule has 2 amide bonds. The second-order valence-electron chi connectivity index (χ2n) is 11.4. The number of carbonyl (C=O) groups is 2. The molecule has 0 saturated carbocycles. The van der Waals surface area contributed by atoms with E-state index in [4.69, 9.17) is 4.74 Å². The number of carbonyl (C=O) groups excluding carboxylic acids is 2. The van der Waals surface area contributed by atoms with E-state index in [9.17, 15) is 14.7 Å². The molecule has 1 aliphatic heterocycles. The summed E-state index contributed by atoms with van der Waals surface area (Å²) in [5.74, 6) is 0.162. The van der Waals surface area contributed by atoms with Crippen molar-refractivity contribution >= 4 is 23.2 Å². The zero-order chi connectivity index (χ0) is 31.1. The van der Waals surface area contributed by atoms with Crippen molar-refractivity contribution in [3.05, 3.63) is 111 Å². The number of likely N-dealkylation sites (tertiary alicyclic amines) is 1. The molecule has 1 aromatic heterocycles. The first kappa shape index (κ1) is 31.2. The van der Waals surface area contributed by atoms with Crippen LogP contribution in [0, 0.1) is 6.92 Å². The van der Waals surface area contributed by atoms with E-state index in [0.29, 0.717) is 31.5 Å². The van der Waals surface area contributed by atoms with Crippen LogP contribution < -0.4 is 15.4 Å². The molecule has 0 aliphatic carbocycles. The van der Waals surface area contributed by atoms with Crippen LogP contribution in [0.5, 0.6) is 11.5 Å². The van der Waals surface area contributed by atoms with Crippen LogP contribution in [-0.2, 0) is 6.42 Å². The summed E-state index contributed by atoms with van der Waals surface area (Å²) in [6.07, 6.45) is 3.06. The number of amides is 2. The molecule has 1 aliphatic rings. The molecule has 5 rings (SSSR count). The third kappa shape index (κ3) is 7.84. The molecule has 8 nitrogen and oxygen atoms in total. The Balaban J connectivity index is 1.28. The van der Waals surface area contributed by atoms with Gasteiger partial charge in [-0.3, -0.25) is 9.59 Å². The maximum atomic E-state index is 13.6. The van der Waals surface area contributed by atoms with Gasteiger partial charge in [-0.1, -0.05) is 42.5 Å². The molecule has 1 fully saturated rings. The van der Waals surface area contributed by atoms with Gasteiger partial charge >= 0.3 is 0 Å². The first-order chi connectivity index (χ1) is 21.3. The average molecular weight is 613 g/mol. The highest BCUT2D eigenvalue weighted by Gasteiger charge is 2.33. The van der Waals surface area contributed by atoms with Gasteiger partial charge in [-0.2, -0.15) is 0 Å². The van der Waals surface area contributed by atoms with Crippen LogP contribution >= 0.6 is 11.3 Å². The number of nitrogens with one attached hydrogen (secondary N) is 2. The Kier molecular flexibility index (Phi) is 10.3. The number of thiazole rings is 1. The number of hydrogen-bond donors (Lipinski definition) is 3. The minimum Gasteiger partial charge on any atom is -0.508 e. The number of aromatic hydroxyl groups is 1. The monoisotopic (exact) mass is 612 g/mol. The summed E-state index contributed by atoms with van der Waals surface area (Å²) < 4.78 is 5.37.